The van der Waals surface area contributed by atoms with Gasteiger partial charge in [0.15, 0.2) is 23.0 Å². The van der Waals surface area contributed by atoms with Crippen LogP contribution in [0.2, 0.25) is 0 Å². The summed E-state index contributed by atoms with van der Waals surface area (Å²) in [7, 11) is 0. The molecule has 0 spiro atoms. The van der Waals surface area contributed by atoms with E-state index in [1.165, 1.54) is 12.1 Å². The lowest BCUT2D eigenvalue weighted by Crippen LogP contribution is -2.36. The summed E-state index contributed by atoms with van der Waals surface area (Å²) >= 11 is 0. The highest BCUT2D eigenvalue weighted by atomic mass is 19.1. The van der Waals surface area contributed by atoms with Crippen LogP contribution in [0.1, 0.15) is 45.4 Å². The number of benzene rings is 3. The van der Waals surface area contributed by atoms with Gasteiger partial charge in [-0.25, -0.2) is 4.39 Å². The van der Waals surface area contributed by atoms with E-state index in [-0.39, 0.29) is 23.8 Å². The first-order valence-electron chi connectivity index (χ1n) is 11.6. The fourth-order valence-corrected chi connectivity index (χ4v) is 4.85. The van der Waals surface area contributed by atoms with Gasteiger partial charge in [0.1, 0.15) is 36.0 Å². The molecule has 6 rings (SSSR count). The quantitative estimate of drug-likeness (QED) is 0.394. The second-order valence-electron chi connectivity index (χ2n) is 9.12. The van der Waals surface area contributed by atoms with Gasteiger partial charge in [0, 0.05) is 22.7 Å². The number of anilines is 1. The van der Waals surface area contributed by atoms with Crippen LogP contribution in [-0.2, 0) is 5.60 Å². The number of hydrogen-bond donors (Lipinski definition) is 1. The number of fused-ring (bicyclic) bond motifs is 4. The molecule has 0 fully saturated rings. The average Bonchev–Trinajstić information content (AvgIpc) is 3.20. The number of aryl methyl sites for hydroxylation is 1. The van der Waals surface area contributed by atoms with E-state index in [1.807, 2.05) is 0 Å². The molecule has 3 aromatic carbocycles. The van der Waals surface area contributed by atoms with Crippen molar-refractivity contribution < 1.29 is 32.6 Å². The third-order valence-electron chi connectivity index (χ3n) is 6.63. The van der Waals surface area contributed by atoms with Gasteiger partial charge < -0.3 is 23.9 Å². The van der Waals surface area contributed by atoms with Crippen molar-refractivity contribution in [3.05, 3.63) is 82.9 Å². The van der Waals surface area contributed by atoms with Crippen molar-refractivity contribution in [1.29, 1.82) is 0 Å². The van der Waals surface area contributed by atoms with Crippen LogP contribution in [0.15, 0.2) is 59.0 Å². The highest BCUT2D eigenvalue weighted by molar-refractivity contribution is 6.14. The molecule has 0 bridgehead atoms. The minimum Gasteiger partial charge on any atom is -0.486 e. The zero-order valence-corrected chi connectivity index (χ0v) is 19.6. The summed E-state index contributed by atoms with van der Waals surface area (Å²) in [5.41, 5.74) is 1.63. The molecule has 1 atom stereocenters. The van der Waals surface area contributed by atoms with E-state index in [1.54, 1.807) is 56.3 Å². The fourth-order valence-electron chi connectivity index (χ4n) is 4.85. The number of carbonyl (C=O) groups excluding carboxylic acids is 2. The van der Waals surface area contributed by atoms with Gasteiger partial charge in [0.2, 0.25) is 0 Å². The van der Waals surface area contributed by atoms with Crippen molar-refractivity contribution in [1.82, 2.24) is 0 Å². The molecule has 0 saturated heterocycles. The summed E-state index contributed by atoms with van der Waals surface area (Å²) in [6, 6.07) is 14.4. The van der Waals surface area contributed by atoms with Crippen LogP contribution >= 0.6 is 0 Å². The Morgan fingerprint density at radius 3 is 2.47 bits per heavy atom. The van der Waals surface area contributed by atoms with Crippen LogP contribution in [0.5, 0.6) is 17.2 Å². The Morgan fingerprint density at radius 1 is 0.972 bits per heavy atom. The molecule has 3 heterocycles. The molecule has 1 aromatic heterocycles. The number of ketones is 1. The molecule has 1 N–H and O–H groups in total. The molecule has 1 amide bonds. The standard InChI is InChI=1S/C28H22FNO6/c1-15-24-21(35-26(15)27(32)30-18-7-8-20-23(13-18)34-12-11-33-20)9-10-22-25(24)19(31)14-28(2,36-22)16-3-5-17(29)6-4-16/h3-10,13H,11-12,14H2,1-2H3,(H,30,32). The summed E-state index contributed by atoms with van der Waals surface area (Å²) in [6.45, 7) is 4.47. The third-order valence-corrected chi connectivity index (χ3v) is 6.63. The number of halogens is 1. The number of furan rings is 1. The number of Topliss-reactive ketones (excluding diaryl/α,β-unsaturated/α-hetero) is 1. The molecular weight excluding hydrogens is 465 g/mol. The Bertz CT molecular complexity index is 1540. The fraction of sp³-hybridized carbons (Fsp3) is 0.214. The Labute approximate surface area is 205 Å². The van der Waals surface area contributed by atoms with E-state index in [0.29, 0.717) is 63.8 Å². The molecule has 7 nitrogen and oxygen atoms in total. The first-order chi connectivity index (χ1) is 17.3. The van der Waals surface area contributed by atoms with Crippen molar-refractivity contribution in [2.45, 2.75) is 25.9 Å². The van der Waals surface area contributed by atoms with Crippen LogP contribution in [0.4, 0.5) is 10.1 Å². The minimum atomic E-state index is -0.943. The maximum Gasteiger partial charge on any atom is 0.291 e. The van der Waals surface area contributed by atoms with Gasteiger partial charge in [-0.15, -0.1) is 0 Å². The predicted octanol–water partition coefficient (Wildman–Crippen LogP) is 5.78. The maximum absolute atomic E-state index is 13.4. The molecule has 182 valence electrons. The van der Waals surface area contributed by atoms with Gasteiger partial charge >= 0.3 is 0 Å². The topological polar surface area (TPSA) is 87.0 Å². The van der Waals surface area contributed by atoms with Crippen LogP contribution in [0.25, 0.3) is 11.0 Å². The number of ether oxygens (including phenoxy) is 3. The summed E-state index contributed by atoms with van der Waals surface area (Å²) in [6.07, 6.45) is 0.0636. The molecule has 8 heteroatoms. The van der Waals surface area contributed by atoms with Crippen LogP contribution in [0.3, 0.4) is 0 Å². The zero-order valence-electron chi connectivity index (χ0n) is 19.6. The van der Waals surface area contributed by atoms with Gasteiger partial charge in [-0.1, -0.05) is 12.1 Å². The molecule has 4 aromatic rings. The van der Waals surface area contributed by atoms with Gasteiger partial charge in [-0.3, -0.25) is 9.59 Å². The van der Waals surface area contributed by atoms with Crippen molar-refractivity contribution in [3.63, 3.8) is 0 Å². The molecule has 2 aliphatic heterocycles. The van der Waals surface area contributed by atoms with Crippen LogP contribution < -0.4 is 19.5 Å². The van der Waals surface area contributed by atoms with E-state index >= 15 is 0 Å². The van der Waals surface area contributed by atoms with E-state index in [2.05, 4.69) is 5.32 Å². The lowest BCUT2D eigenvalue weighted by molar-refractivity contribution is 0.0507. The summed E-state index contributed by atoms with van der Waals surface area (Å²) in [4.78, 5) is 26.5. The molecule has 0 saturated carbocycles. The van der Waals surface area contributed by atoms with Crippen molar-refractivity contribution >= 4 is 28.3 Å². The smallest absolute Gasteiger partial charge is 0.291 e. The van der Waals surface area contributed by atoms with E-state index in [9.17, 15) is 14.0 Å². The second-order valence-corrected chi connectivity index (χ2v) is 9.12. The second kappa shape index (κ2) is 8.12. The number of carbonyl (C=O) groups is 2. The van der Waals surface area contributed by atoms with Crippen molar-refractivity contribution in [2.24, 2.45) is 0 Å². The summed E-state index contributed by atoms with van der Waals surface area (Å²) in [5, 5.41) is 3.37. The molecule has 0 radical (unpaired) electrons. The molecule has 36 heavy (non-hydrogen) atoms. The Kier molecular flexibility index (Phi) is 5.00. The van der Waals surface area contributed by atoms with Crippen molar-refractivity contribution in [2.75, 3.05) is 18.5 Å². The normalized spacial score (nSPS) is 18.5. The zero-order chi connectivity index (χ0) is 25.0. The lowest BCUT2D eigenvalue weighted by Gasteiger charge is -2.35. The Morgan fingerprint density at radius 2 is 1.69 bits per heavy atom. The summed E-state index contributed by atoms with van der Waals surface area (Å²) < 4.78 is 36.7. The predicted molar refractivity (Wildman–Crippen MR) is 130 cm³/mol. The maximum atomic E-state index is 13.4. The van der Waals surface area contributed by atoms with Crippen LogP contribution in [-0.4, -0.2) is 24.9 Å². The molecule has 0 aliphatic carbocycles. The van der Waals surface area contributed by atoms with E-state index < -0.39 is 11.5 Å². The van der Waals surface area contributed by atoms with Gasteiger partial charge in [0.05, 0.1) is 12.0 Å². The third kappa shape index (κ3) is 3.57. The number of hydrogen-bond acceptors (Lipinski definition) is 6. The average molecular weight is 487 g/mol. The summed E-state index contributed by atoms with van der Waals surface area (Å²) in [5.74, 6) is 0.730. The molecule has 1 unspecified atom stereocenters. The number of amides is 1. The first kappa shape index (κ1) is 22.2. The Hall–Kier alpha value is -4.33. The molecule has 2 aliphatic rings. The van der Waals surface area contributed by atoms with Gasteiger partial charge in [-0.2, -0.15) is 0 Å². The largest absolute Gasteiger partial charge is 0.486 e. The van der Waals surface area contributed by atoms with E-state index in [0.717, 1.165) is 0 Å². The minimum absolute atomic E-state index is 0.0636. The first-order valence-corrected chi connectivity index (χ1v) is 11.6. The van der Waals surface area contributed by atoms with Gasteiger partial charge in [-0.05, 0) is 55.8 Å². The molecular formula is C28H22FNO6. The lowest BCUT2D eigenvalue weighted by atomic mass is 9.84. The number of nitrogens with one attached hydrogen (secondary N) is 1. The van der Waals surface area contributed by atoms with Gasteiger partial charge in [0.25, 0.3) is 5.91 Å². The Balaban J connectivity index is 1.34. The van der Waals surface area contributed by atoms with Crippen LogP contribution in [0, 0.1) is 12.7 Å². The monoisotopic (exact) mass is 487 g/mol. The van der Waals surface area contributed by atoms with E-state index in [4.69, 9.17) is 18.6 Å². The SMILES string of the molecule is Cc1c(C(=O)Nc2ccc3c(c2)OCCO3)oc2ccc3c(c12)C(=O)CC(C)(c1ccc(F)cc1)O3. The highest BCUT2D eigenvalue weighted by Crippen LogP contribution is 2.44. The number of rotatable bonds is 3. The highest BCUT2D eigenvalue weighted by Gasteiger charge is 2.40. The van der Waals surface area contributed by atoms with Crippen molar-refractivity contribution in [3.8, 4) is 17.2 Å².